The molecular formula is C16H18N6O2. The van der Waals surface area contributed by atoms with Gasteiger partial charge in [-0.3, -0.25) is 4.79 Å². The molecule has 124 valence electrons. The zero-order chi connectivity index (χ0) is 17.0. The lowest BCUT2D eigenvalue weighted by molar-refractivity contribution is -0.123. The summed E-state index contributed by atoms with van der Waals surface area (Å²) in [5.41, 5.74) is 0.0121. The van der Waals surface area contributed by atoms with Crippen LogP contribution < -0.4 is 10.1 Å². The average Bonchev–Trinajstić information content (AvgIpc) is 3.25. The van der Waals surface area contributed by atoms with E-state index in [4.69, 9.17) is 4.74 Å². The molecule has 8 nitrogen and oxygen atoms in total. The average molecular weight is 326 g/mol. The minimum atomic E-state index is -0.743. The fourth-order valence-corrected chi connectivity index (χ4v) is 2.87. The maximum absolute atomic E-state index is 12.2. The molecule has 1 N–H and O–H groups in total. The van der Waals surface area contributed by atoms with Crippen LogP contribution in [0.25, 0.3) is 11.4 Å². The number of nitrogens with one attached hydrogen (secondary N) is 1. The monoisotopic (exact) mass is 326 g/mol. The smallest absolute Gasteiger partial charge is 0.244 e. The zero-order valence-corrected chi connectivity index (χ0v) is 13.4. The van der Waals surface area contributed by atoms with Crippen LogP contribution in [0.5, 0.6) is 5.75 Å². The summed E-state index contributed by atoms with van der Waals surface area (Å²) in [6.45, 7) is -0.0690. The summed E-state index contributed by atoms with van der Waals surface area (Å²) in [6, 6.07) is 9.52. The number of carbonyl (C=O) groups is 1. The second-order valence-electron chi connectivity index (χ2n) is 5.82. The van der Waals surface area contributed by atoms with Crippen LogP contribution in [0.2, 0.25) is 0 Å². The van der Waals surface area contributed by atoms with Crippen molar-refractivity contribution >= 4 is 5.91 Å². The first-order valence-electron chi connectivity index (χ1n) is 7.79. The van der Waals surface area contributed by atoms with Crippen LogP contribution in [0, 0.1) is 11.3 Å². The third-order valence-corrected chi connectivity index (χ3v) is 4.12. The van der Waals surface area contributed by atoms with E-state index in [1.54, 1.807) is 13.2 Å². The number of ether oxygens (including phenoxy) is 1. The van der Waals surface area contributed by atoms with Gasteiger partial charge in [0.15, 0.2) is 0 Å². The molecule has 0 atom stereocenters. The van der Waals surface area contributed by atoms with Crippen molar-refractivity contribution in [1.82, 2.24) is 25.5 Å². The van der Waals surface area contributed by atoms with Gasteiger partial charge in [-0.1, -0.05) is 12.1 Å². The van der Waals surface area contributed by atoms with Crippen LogP contribution >= 0.6 is 0 Å². The van der Waals surface area contributed by atoms with Gasteiger partial charge < -0.3 is 10.1 Å². The molecule has 1 fully saturated rings. The van der Waals surface area contributed by atoms with Gasteiger partial charge in [0.05, 0.1) is 13.2 Å². The third kappa shape index (κ3) is 3.35. The molecule has 0 bridgehead atoms. The van der Waals surface area contributed by atoms with Crippen LogP contribution in [0.1, 0.15) is 25.7 Å². The van der Waals surface area contributed by atoms with E-state index < -0.39 is 5.54 Å². The standard InChI is InChI=1S/C16H18N6O2/c1-24-13-6-4-5-12(9-13)15-19-21-22(20-15)10-14(23)18-16(11-17)7-2-3-8-16/h4-6,9H,2-3,7-8,10H2,1H3,(H,18,23). The molecule has 0 saturated heterocycles. The summed E-state index contributed by atoms with van der Waals surface area (Å²) in [5, 5.41) is 24.2. The van der Waals surface area contributed by atoms with Crippen molar-refractivity contribution in [2.75, 3.05) is 7.11 Å². The molecule has 1 saturated carbocycles. The maximum Gasteiger partial charge on any atom is 0.244 e. The molecule has 1 aliphatic rings. The summed E-state index contributed by atoms with van der Waals surface area (Å²) in [6.07, 6.45) is 3.29. The molecule has 0 radical (unpaired) electrons. The molecule has 1 aromatic heterocycles. The fraction of sp³-hybridized carbons (Fsp3) is 0.438. The van der Waals surface area contributed by atoms with Crippen molar-refractivity contribution in [1.29, 1.82) is 5.26 Å². The number of tetrazole rings is 1. The van der Waals surface area contributed by atoms with Gasteiger partial charge in [-0.25, -0.2) is 0 Å². The summed E-state index contributed by atoms with van der Waals surface area (Å²) >= 11 is 0. The Bertz CT molecular complexity index is 773. The summed E-state index contributed by atoms with van der Waals surface area (Å²) in [4.78, 5) is 13.4. The lowest BCUT2D eigenvalue weighted by Crippen LogP contribution is -2.46. The van der Waals surface area contributed by atoms with Gasteiger partial charge in [-0.15, -0.1) is 10.2 Å². The van der Waals surface area contributed by atoms with Gasteiger partial charge in [0.25, 0.3) is 0 Å². The van der Waals surface area contributed by atoms with E-state index in [0.717, 1.165) is 18.4 Å². The highest BCUT2D eigenvalue weighted by Gasteiger charge is 2.35. The third-order valence-electron chi connectivity index (χ3n) is 4.12. The van der Waals surface area contributed by atoms with Crippen molar-refractivity contribution in [3.63, 3.8) is 0 Å². The minimum absolute atomic E-state index is 0.0690. The van der Waals surface area contributed by atoms with Crippen LogP contribution in [-0.4, -0.2) is 38.8 Å². The zero-order valence-electron chi connectivity index (χ0n) is 13.4. The molecule has 8 heteroatoms. The number of carbonyl (C=O) groups excluding carboxylic acids is 1. The van der Waals surface area contributed by atoms with Crippen molar-refractivity contribution in [2.45, 2.75) is 37.8 Å². The molecule has 24 heavy (non-hydrogen) atoms. The van der Waals surface area contributed by atoms with Crippen molar-refractivity contribution in [2.24, 2.45) is 0 Å². The largest absolute Gasteiger partial charge is 0.497 e. The molecule has 0 unspecified atom stereocenters. The number of hydrogen-bond acceptors (Lipinski definition) is 6. The number of rotatable bonds is 5. The SMILES string of the molecule is COc1cccc(-c2nnn(CC(=O)NC3(C#N)CCCC3)n2)c1. The van der Waals surface area contributed by atoms with Crippen LogP contribution in [-0.2, 0) is 11.3 Å². The Hall–Kier alpha value is -2.95. The van der Waals surface area contributed by atoms with Crippen LogP contribution in [0.3, 0.4) is 0 Å². The molecule has 1 aromatic carbocycles. The topological polar surface area (TPSA) is 106 Å². The van der Waals surface area contributed by atoms with Gasteiger partial charge >= 0.3 is 0 Å². The number of hydrogen-bond donors (Lipinski definition) is 1. The van der Waals surface area contributed by atoms with Gasteiger partial charge in [0.2, 0.25) is 11.7 Å². The van der Waals surface area contributed by atoms with Gasteiger partial charge in [0.1, 0.15) is 17.8 Å². The molecular weight excluding hydrogens is 308 g/mol. The van der Waals surface area contributed by atoms with Gasteiger partial charge in [0, 0.05) is 5.56 Å². The van der Waals surface area contributed by atoms with Crippen LogP contribution in [0.15, 0.2) is 24.3 Å². The van der Waals surface area contributed by atoms with Gasteiger partial charge in [-0.05, 0) is 43.0 Å². The number of methoxy groups -OCH3 is 1. The second kappa shape index (κ2) is 6.66. The highest BCUT2D eigenvalue weighted by molar-refractivity contribution is 5.77. The summed E-state index contributed by atoms with van der Waals surface area (Å²) in [5.74, 6) is 0.824. The molecule has 0 aliphatic heterocycles. The molecule has 1 amide bonds. The lowest BCUT2D eigenvalue weighted by Gasteiger charge is -2.21. The van der Waals surface area contributed by atoms with Gasteiger partial charge in [-0.2, -0.15) is 10.1 Å². The lowest BCUT2D eigenvalue weighted by atomic mass is 10.00. The van der Waals surface area contributed by atoms with E-state index in [-0.39, 0.29) is 12.5 Å². The van der Waals surface area contributed by atoms with E-state index in [1.165, 1.54) is 4.80 Å². The Kier molecular flexibility index (Phi) is 4.42. The normalized spacial score (nSPS) is 15.7. The molecule has 1 heterocycles. The first-order valence-corrected chi connectivity index (χ1v) is 7.79. The Morgan fingerprint density at radius 1 is 1.46 bits per heavy atom. The number of nitriles is 1. The minimum Gasteiger partial charge on any atom is -0.497 e. The first-order chi connectivity index (χ1) is 11.6. The molecule has 3 rings (SSSR count). The predicted molar refractivity (Wildman–Crippen MR) is 84.8 cm³/mol. The Morgan fingerprint density at radius 2 is 2.25 bits per heavy atom. The predicted octanol–water partition coefficient (Wildman–Crippen LogP) is 1.30. The van der Waals surface area contributed by atoms with E-state index in [1.807, 2.05) is 18.2 Å². The van der Waals surface area contributed by atoms with Crippen molar-refractivity contribution in [3.8, 4) is 23.2 Å². The summed E-state index contributed by atoms with van der Waals surface area (Å²) < 4.78 is 5.17. The summed E-state index contributed by atoms with van der Waals surface area (Å²) in [7, 11) is 1.59. The molecule has 1 aliphatic carbocycles. The van der Waals surface area contributed by atoms with E-state index in [2.05, 4.69) is 26.8 Å². The Balaban J connectivity index is 1.67. The van der Waals surface area contributed by atoms with Crippen LogP contribution in [0.4, 0.5) is 0 Å². The van der Waals surface area contributed by atoms with E-state index in [9.17, 15) is 10.1 Å². The Morgan fingerprint density at radius 3 is 2.96 bits per heavy atom. The molecule has 0 spiro atoms. The maximum atomic E-state index is 12.2. The highest BCUT2D eigenvalue weighted by Crippen LogP contribution is 2.28. The van der Waals surface area contributed by atoms with E-state index in [0.29, 0.717) is 24.4 Å². The number of nitrogens with zero attached hydrogens (tertiary/aromatic N) is 5. The van der Waals surface area contributed by atoms with Crippen molar-refractivity contribution in [3.05, 3.63) is 24.3 Å². The highest BCUT2D eigenvalue weighted by atomic mass is 16.5. The second-order valence-corrected chi connectivity index (χ2v) is 5.82. The quantitative estimate of drug-likeness (QED) is 0.888. The number of amides is 1. The number of aromatic nitrogens is 4. The van der Waals surface area contributed by atoms with E-state index >= 15 is 0 Å². The molecule has 2 aromatic rings. The fourth-order valence-electron chi connectivity index (χ4n) is 2.87. The Labute approximate surface area is 139 Å². The first kappa shape index (κ1) is 15.9. The van der Waals surface area contributed by atoms with Crippen molar-refractivity contribution < 1.29 is 9.53 Å². The number of benzene rings is 1.